The van der Waals surface area contributed by atoms with Crippen LogP contribution in [0.25, 0.3) is 22.2 Å². The quantitative estimate of drug-likeness (QED) is 0.725. The van der Waals surface area contributed by atoms with Crippen molar-refractivity contribution in [2.75, 3.05) is 6.54 Å². The lowest BCUT2D eigenvalue weighted by molar-refractivity contribution is 0.0694. The topological polar surface area (TPSA) is 38.1 Å². The van der Waals surface area contributed by atoms with Gasteiger partial charge < -0.3 is 9.47 Å². The minimum absolute atomic E-state index is 0.0704. The molecule has 1 aliphatic carbocycles. The van der Waals surface area contributed by atoms with Gasteiger partial charge in [-0.15, -0.1) is 0 Å². The highest BCUT2D eigenvalue weighted by molar-refractivity contribution is 6.09. The number of carbonyl (C=O) groups excluding carboxylic acids is 1. The number of benzene rings is 1. The van der Waals surface area contributed by atoms with Gasteiger partial charge in [0, 0.05) is 30.9 Å². The smallest absolute Gasteiger partial charge is 0.271 e. The van der Waals surface area contributed by atoms with E-state index in [1.54, 1.807) is 18.3 Å². The molecule has 2 aliphatic rings. The molecule has 5 rings (SSSR count). The summed E-state index contributed by atoms with van der Waals surface area (Å²) in [4.78, 5) is 19.6. The van der Waals surface area contributed by atoms with Crippen LogP contribution in [0, 0.1) is 5.82 Å². The maximum Gasteiger partial charge on any atom is 0.271 e. The molecular formula is C19H16FN3O. The lowest BCUT2D eigenvalue weighted by atomic mass is 10.0. The van der Waals surface area contributed by atoms with Gasteiger partial charge in [0.15, 0.2) is 0 Å². The molecular weight excluding hydrogens is 305 g/mol. The molecule has 3 aromatic rings. The molecule has 1 aromatic carbocycles. The Balaban J connectivity index is 1.79. The van der Waals surface area contributed by atoms with E-state index in [1.807, 2.05) is 17.0 Å². The maximum atomic E-state index is 13.3. The molecule has 24 heavy (non-hydrogen) atoms. The van der Waals surface area contributed by atoms with Crippen LogP contribution in [0.1, 0.15) is 23.3 Å². The lowest BCUT2D eigenvalue weighted by Gasteiger charge is -2.29. The predicted molar refractivity (Wildman–Crippen MR) is 89.2 cm³/mol. The molecule has 0 spiro atoms. The standard InChI is InChI=1S/C19H16FN3O/c20-13-5-3-12(4-6-13)16-17-15(2-1-9-21-17)23-11-10-22(14-7-8-14)19(24)18(16)23/h1-6,9,14H,7-8,10-11H2. The Morgan fingerprint density at radius 1 is 1.08 bits per heavy atom. The van der Waals surface area contributed by atoms with Gasteiger partial charge in [0.1, 0.15) is 11.5 Å². The summed E-state index contributed by atoms with van der Waals surface area (Å²) in [5.41, 5.74) is 4.12. The minimum Gasteiger partial charge on any atom is -0.333 e. The number of carbonyl (C=O) groups is 1. The van der Waals surface area contributed by atoms with Gasteiger partial charge in [-0.1, -0.05) is 12.1 Å². The zero-order chi connectivity index (χ0) is 16.3. The highest BCUT2D eigenvalue weighted by Gasteiger charge is 2.39. The fourth-order valence-electron chi connectivity index (χ4n) is 3.70. The van der Waals surface area contributed by atoms with E-state index < -0.39 is 0 Å². The van der Waals surface area contributed by atoms with Crippen molar-refractivity contribution in [2.24, 2.45) is 0 Å². The molecule has 0 saturated heterocycles. The summed E-state index contributed by atoms with van der Waals surface area (Å²) in [5.74, 6) is -0.212. The van der Waals surface area contributed by atoms with Crippen LogP contribution in [-0.4, -0.2) is 32.9 Å². The number of halogens is 1. The third-order valence-electron chi connectivity index (χ3n) is 4.97. The Kier molecular flexibility index (Phi) is 2.80. The van der Waals surface area contributed by atoms with Crippen molar-refractivity contribution in [3.63, 3.8) is 0 Å². The third-order valence-corrected chi connectivity index (χ3v) is 4.97. The van der Waals surface area contributed by atoms with Crippen molar-refractivity contribution in [2.45, 2.75) is 25.4 Å². The highest BCUT2D eigenvalue weighted by Crippen LogP contribution is 2.38. The van der Waals surface area contributed by atoms with Crippen LogP contribution in [0.4, 0.5) is 4.39 Å². The largest absolute Gasteiger partial charge is 0.333 e. The molecule has 0 radical (unpaired) electrons. The van der Waals surface area contributed by atoms with Crippen molar-refractivity contribution in [3.8, 4) is 11.1 Å². The van der Waals surface area contributed by atoms with Crippen LogP contribution in [0.2, 0.25) is 0 Å². The first-order valence-corrected chi connectivity index (χ1v) is 8.28. The average Bonchev–Trinajstić information content (AvgIpc) is 3.38. The van der Waals surface area contributed by atoms with E-state index >= 15 is 0 Å². The van der Waals surface area contributed by atoms with Crippen molar-refractivity contribution >= 4 is 16.9 Å². The van der Waals surface area contributed by atoms with Gasteiger partial charge in [0.2, 0.25) is 0 Å². The Bertz CT molecular complexity index is 957. The molecule has 1 saturated carbocycles. The number of hydrogen-bond donors (Lipinski definition) is 0. The van der Waals surface area contributed by atoms with Crippen molar-refractivity contribution < 1.29 is 9.18 Å². The summed E-state index contributed by atoms with van der Waals surface area (Å²) in [5, 5.41) is 0. The molecule has 1 fully saturated rings. The zero-order valence-corrected chi connectivity index (χ0v) is 13.1. The van der Waals surface area contributed by atoms with Crippen molar-refractivity contribution in [3.05, 3.63) is 54.1 Å². The Labute approximate surface area is 138 Å². The highest BCUT2D eigenvalue weighted by atomic mass is 19.1. The van der Waals surface area contributed by atoms with Crippen molar-refractivity contribution in [1.29, 1.82) is 0 Å². The first-order chi connectivity index (χ1) is 11.7. The van der Waals surface area contributed by atoms with Crippen LogP contribution in [0.5, 0.6) is 0 Å². The fourth-order valence-corrected chi connectivity index (χ4v) is 3.70. The minimum atomic E-state index is -0.282. The molecule has 0 bridgehead atoms. The average molecular weight is 321 g/mol. The molecule has 4 nitrogen and oxygen atoms in total. The normalized spacial score (nSPS) is 17.4. The molecule has 120 valence electrons. The van der Waals surface area contributed by atoms with Crippen LogP contribution >= 0.6 is 0 Å². The number of fused-ring (bicyclic) bond motifs is 3. The van der Waals surface area contributed by atoms with Gasteiger partial charge >= 0.3 is 0 Å². The summed E-state index contributed by atoms with van der Waals surface area (Å²) in [6.07, 6.45) is 3.93. The van der Waals surface area contributed by atoms with Crippen molar-refractivity contribution in [1.82, 2.24) is 14.5 Å². The Hall–Kier alpha value is -2.69. The fraction of sp³-hybridized carbons (Fsp3) is 0.263. The Morgan fingerprint density at radius 3 is 2.62 bits per heavy atom. The second-order valence-electron chi connectivity index (χ2n) is 6.48. The predicted octanol–water partition coefficient (Wildman–Crippen LogP) is 3.46. The lowest BCUT2D eigenvalue weighted by Crippen LogP contribution is -2.41. The monoisotopic (exact) mass is 321 g/mol. The summed E-state index contributed by atoms with van der Waals surface area (Å²) in [6.45, 7) is 1.53. The first kappa shape index (κ1) is 13.7. The van der Waals surface area contributed by atoms with Crippen LogP contribution in [-0.2, 0) is 6.54 Å². The second kappa shape index (κ2) is 4.90. The van der Waals surface area contributed by atoms with Gasteiger partial charge in [0.05, 0.1) is 11.0 Å². The summed E-state index contributed by atoms with van der Waals surface area (Å²) >= 11 is 0. The zero-order valence-electron chi connectivity index (χ0n) is 13.1. The molecule has 0 atom stereocenters. The number of aromatic nitrogens is 2. The SMILES string of the molecule is O=C1c2c(-c3ccc(F)cc3)c3ncccc3n2CCN1C1CC1. The summed E-state index contributed by atoms with van der Waals surface area (Å²) in [7, 11) is 0. The van der Waals surface area contributed by atoms with Gasteiger partial charge in [-0.25, -0.2) is 4.39 Å². The molecule has 5 heteroatoms. The van der Waals surface area contributed by atoms with Gasteiger partial charge in [-0.05, 0) is 42.7 Å². The van der Waals surface area contributed by atoms with Crippen LogP contribution < -0.4 is 0 Å². The maximum absolute atomic E-state index is 13.3. The second-order valence-corrected chi connectivity index (χ2v) is 6.48. The number of rotatable bonds is 2. The molecule has 0 N–H and O–H groups in total. The first-order valence-electron chi connectivity index (χ1n) is 8.28. The molecule has 2 aromatic heterocycles. The number of pyridine rings is 1. The number of hydrogen-bond acceptors (Lipinski definition) is 2. The van der Waals surface area contributed by atoms with E-state index in [4.69, 9.17) is 0 Å². The molecule has 1 amide bonds. The van der Waals surface area contributed by atoms with Gasteiger partial charge in [-0.3, -0.25) is 9.78 Å². The number of amides is 1. The molecule has 3 heterocycles. The Morgan fingerprint density at radius 2 is 1.88 bits per heavy atom. The van der Waals surface area contributed by atoms with E-state index in [0.29, 0.717) is 11.7 Å². The molecule has 0 unspecified atom stereocenters. The van der Waals surface area contributed by atoms with Crippen LogP contribution in [0.3, 0.4) is 0 Å². The molecule has 1 aliphatic heterocycles. The van der Waals surface area contributed by atoms with E-state index in [9.17, 15) is 9.18 Å². The van der Waals surface area contributed by atoms with E-state index in [0.717, 1.165) is 48.1 Å². The van der Waals surface area contributed by atoms with E-state index in [1.165, 1.54) is 12.1 Å². The van der Waals surface area contributed by atoms with Gasteiger partial charge in [0.25, 0.3) is 5.91 Å². The van der Waals surface area contributed by atoms with Crippen LogP contribution in [0.15, 0.2) is 42.6 Å². The van der Waals surface area contributed by atoms with E-state index in [-0.39, 0.29) is 11.7 Å². The van der Waals surface area contributed by atoms with E-state index in [2.05, 4.69) is 9.55 Å². The van der Waals surface area contributed by atoms with Gasteiger partial charge in [-0.2, -0.15) is 0 Å². The summed E-state index contributed by atoms with van der Waals surface area (Å²) in [6, 6.07) is 10.6. The summed E-state index contributed by atoms with van der Waals surface area (Å²) < 4.78 is 15.4. The number of nitrogens with zero attached hydrogens (tertiary/aromatic N) is 3. The third kappa shape index (κ3) is 1.90.